The van der Waals surface area contributed by atoms with Gasteiger partial charge in [0.2, 0.25) is 0 Å². The second-order valence-electron chi connectivity index (χ2n) is 4.50. The Kier molecular flexibility index (Phi) is 2.91. The first-order valence-corrected chi connectivity index (χ1v) is 6.85. The fourth-order valence-corrected chi connectivity index (χ4v) is 3.01. The molecule has 98 valence electrons. The first-order valence-electron chi connectivity index (χ1n) is 5.97. The summed E-state index contributed by atoms with van der Waals surface area (Å²) in [7, 11) is 3.70. The van der Waals surface area contributed by atoms with Crippen molar-refractivity contribution in [3.05, 3.63) is 47.4 Å². The summed E-state index contributed by atoms with van der Waals surface area (Å²) in [5.74, 6) is 0.786. The lowest BCUT2D eigenvalue weighted by molar-refractivity contribution is 0.0766. The second-order valence-corrected chi connectivity index (χ2v) is 5.45. The van der Waals surface area contributed by atoms with Crippen molar-refractivity contribution >= 4 is 27.5 Å². The molecule has 1 amide bonds. The van der Waals surface area contributed by atoms with Crippen molar-refractivity contribution in [2.24, 2.45) is 7.05 Å². The fraction of sp³-hybridized carbons (Fsp3) is 0.214. The summed E-state index contributed by atoms with van der Waals surface area (Å²) in [5, 5.41) is 2.03. The topological polar surface area (TPSA) is 38.4 Å². The maximum absolute atomic E-state index is 12.4. The van der Waals surface area contributed by atoms with Gasteiger partial charge in [0.05, 0.1) is 23.0 Å². The van der Waals surface area contributed by atoms with Gasteiger partial charge in [-0.3, -0.25) is 4.79 Å². The minimum atomic E-state index is 0.00213. The maximum atomic E-state index is 12.4. The average molecular weight is 274 g/mol. The SMILES string of the molecule is CN(Cc1ccco1)C(=O)c1cc2sccc2n1C. The van der Waals surface area contributed by atoms with Gasteiger partial charge >= 0.3 is 0 Å². The van der Waals surface area contributed by atoms with Crippen molar-refractivity contribution in [2.75, 3.05) is 7.05 Å². The summed E-state index contributed by atoms with van der Waals surface area (Å²) >= 11 is 1.65. The Morgan fingerprint density at radius 1 is 1.47 bits per heavy atom. The Bertz CT molecular complexity index is 709. The van der Waals surface area contributed by atoms with Crippen LogP contribution in [0.15, 0.2) is 40.3 Å². The van der Waals surface area contributed by atoms with E-state index in [0.717, 1.165) is 16.0 Å². The van der Waals surface area contributed by atoms with E-state index in [-0.39, 0.29) is 5.91 Å². The number of carbonyl (C=O) groups excluding carboxylic acids is 1. The highest BCUT2D eigenvalue weighted by Gasteiger charge is 2.18. The number of carbonyl (C=O) groups is 1. The molecule has 0 N–H and O–H groups in total. The number of hydrogen-bond acceptors (Lipinski definition) is 3. The third kappa shape index (κ3) is 2.06. The predicted molar refractivity (Wildman–Crippen MR) is 75.3 cm³/mol. The van der Waals surface area contributed by atoms with Crippen LogP contribution in [0.1, 0.15) is 16.2 Å². The molecule has 3 heterocycles. The summed E-state index contributed by atoms with van der Waals surface area (Å²) in [4.78, 5) is 14.1. The van der Waals surface area contributed by atoms with E-state index in [0.29, 0.717) is 12.2 Å². The Morgan fingerprint density at radius 3 is 3.00 bits per heavy atom. The number of amides is 1. The molecule has 0 saturated carbocycles. The van der Waals surface area contributed by atoms with Crippen LogP contribution in [0.3, 0.4) is 0 Å². The summed E-state index contributed by atoms with van der Waals surface area (Å²) < 4.78 is 8.34. The van der Waals surface area contributed by atoms with Crippen LogP contribution < -0.4 is 0 Å². The summed E-state index contributed by atoms with van der Waals surface area (Å²) in [6.45, 7) is 0.477. The van der Waals surface area contributed by atoms with E-state index >= 15 is 0 Å². The number of nitrogens with zero attached hydrogens (tertiary/aromatic N) is 2. The van der Waals surface area contributed by atoms with Crippen molar-refractivity contribution in [2.45, 2.75) is 6.54 Å². The quantitative estimate of drug-likeness (QED) is 0.736. The second kappa shape index (κ2) is 4.59. The zero-order valence-corrected chi connectivity index (χ0v) is 11.6. The fourth-order valence-electron chi connectivity index (χ4n) is 2.16. The number of rotatable bonds is 3. The van der Waals surface area contributed by atoms with E-state index in [2.05, 4.69) is 0 Å². The van der Waals surface area contributed by atoms with Gasteiger partial charge in [-0.2, -0.15) is 0 Å². The molecule has 19 heavy (non-hydrogen) atoms. The molecule has 0 saturated heterocycles. The van der Waals surface area contributed by atoms with E-state index in [4.69, 9.17) is 4.42 Å². The molecule has 0 aromatic carbocycles. The number of furan rings is 1. The molecule has 0 spiro atoms. The smallest absolute Gasteiger partial charge is 0.270 e. The van der Waals surface area contributed by atoms with Gasteiger partial charge in [0.15, 0.2) is 0 Å². The first-order chi connectivity index (χ1) is 9.16. The molecule has 4 nitrogen and oxygen atoms in total. The lowest BCUT2D eigenvalue weighted by atomic mass is 10.3. The number of thiophene rings is 1. The zero-order valence-electron chi connectivity index (χ0n) is 10.8. The summed E-state index contributed by atoms with van der Waals surface area (Å²) in [5.41, 5.74) is 1.80. The molecule has 0 aliphatic carbocycles. The van der Waals surface area contributed by atoms with Gasteiger partial charge in [0.25, 0.3) is 5.91 Å². The molecule has 0 aliphatic rings. The third-order valence-corrected chi connectivity index (χ3v) is 4.06. The molecule has 0 bridgehead atoms. The van der Waals surface area contributed by atoms with Gasteiger partial charge in [-0.15, -0.1) is 11.3 Å². The Labute approximate surface area is 114 Å². The molecule has 3 rings (SSSR count). The lowest BCUT2D eigenvalue weighted by Crippen LogP contribution is -2.27. The first kappa shape index (κ1) is 12.0. The van der Waals surface area contributed by atoms with Crippen molar-refractivity contribution in [3.63, 3.8) is 0 Å². The normalized spacial score (nSPS) is 11.1. The molecule has 0 radical (unpaired) electrons. The third-order valence-electron chi connectivity index (χ3n) is 3.20. The van der Waals surface area contributed by atoms with Crippen molar-refractivity contribution in [3.8, 4) is 0 Å². The van der Waals surface area contributed by atoms with Gasteiger partial charge in [0, 0.05) is 14.1 Å². The van der Waals surface area contributed by atoms with Crippen LogP contribution in [-0.2, 0) is 13.6 Å². The Morgan fingerprint density at radius 2 is 2.32 bits per heavy atom. The molecule has 0 atom stereocenters. The van der Waals surface area contributed by atoms with Crippen LogP contribution in [0, 0.1) is 0 Å². The van der Waals surface area contributed by atoms with E-state index in [1.54, 1.807) is 29.5 Å². The summed E-state index contributed by atoms with van der Waals surface area (Å²) in [6.07, 6.45) is 1.62. The van der Waals surface area contributed by atoms with Gasteiger partial charge in [0.1, 0.15) is 11.5 Å². The van der Waals surface area contributed by atoms with E-state index in [1.807, 2.05) is 41.3 Å². The predicted octanol–water partition coefficient (Wildman–Crippen LogP) is 3.11. The standard InChI is InChI=1S/C14H14N2O2S/c1-15(9-10-4-3-6-18-10)14(17)12-8-13-11(16(12)2)5-7-19-13/h3-8H,9H2,1-2H3. The van der Waals surface area contributed by atoms with Gasteiger partial charge < -0.3 is 13.9 Å². The Balaban J connectivity index is 1.86. The summed E-state index contributed by atoms with van der Waals surface area (Å²) in [6, 6.07) is 7.67. The Hall–Kier alpha value is -2.01. The van der Waals surface area contributed by atoms with Crippen molar-refractivity contribution in [1.82, 2.24) is 9.47 Å². The van der Waals surface area contributed by atoms with Crippen LogP contribution in [0.4, 0.5) is 0 Å². The van der Waals surface area contributed by atoms with Crippen LogP contribution in [0.5, 0.6) is 0 Å². The van der Waals surface area contributed by atoms with Crippen LogP contribution in [0.25, 0.3) is 10.2 Å². The molecule has 5 heteroatoms. The molecule has 0 unspecified atom stereocenters. The number of hydrogen-bond donors (Lipinski definition) is 0. The maximum Gasteiger partial charge on any atom is 0.270 e. The van der Waals surface area contributed by atoms with Crippen molar-refractivity contribution < 1.29 is 9.21 Å². The number of fused-ring (bicyclic) bond motifs is 1. The molecule has 0 fully saturated rings. The van der Waals surface area contributed by atoms with Crippen LogP contribution in [0.2, 0.25) is 0 Å². The van der Waals surface area contributed by atoms with Gasteiger partial charge in [-0.25, -0.2) is 0 Å². The zero-order chi connectivity index (χ0) is 13.4. The largest absolute Gasteiger partial charge is 0.467 e. The molecular weight excluding hydrogens is 260 g/mol. The van der Waals surface area contributed by atoms with Crippen LogP contribution in [-0.4, -0.2) is 22.4 Å². The minimum Gasteiger partial charge on any atom is -0.467 e. The minimum absolute atomic E-state index is 0.00213. The molecule has 3 aromatic rings. The van der Waals surface area contributed by atoms with Gasteiger partial charge in [-0.1, -0.05) is 0 Å². The molecule has 0 aliphatic heterocycles. The highest BCUT2D eigenvalue weighted by Crippen LogP contribution is 2.25. The number of aryl methyl sites for hydroxylation is 1. The van der Waals surface area contributed by atoms with E-state index in [1.165, 1.54) is 0 Å². The lowest BCUT2D eigenvalue weighted by Gasteiger charge is -2.16. The molecule has 3 aromatic heterocycles. The molecular formula is C14H14N2O2S. The van der Waals surface area contributed by atoms with Gasteiger partial charge in [-0.05, 0) is 29.6 Å². The average Bonchev–Trinajstić information content (AvgIpc) is 3.08. The van der Waals surface area contributed by atoms with E-state index < -0.39 is 0 Å². The monoisotopic (exact) mass is 274 g/mol. The highest BCUT2D eigenvalue weighted by atomic mass is 32.1. The van der Waals surface area contributed by atoms with E-state index in [9.17, 15) is 4.79 Å². The number of aromatic nitrogens is 1. The van der Waals surface area contributed by atoms with Crippen molar-refractivity contribution in [1.29, 1.82) is 0 Å². The highest BCUT2D eigenvalue weighted by molar-refractivity contribution is 7.17. The van der Waals surface area contributed by atoms with Crippen LogP contribution >= 0.6 is 11.3 Å².